The molecule has 0 radical (unpaired) electrons. The number of aryl methyl sites for hydroxylation is 2. The van der Waals surface area contributed by atoms with Crippen LogP contribution >= 0.6 is 0 Å². The number of anilines is 7. The zero-order chi connectivity index (χ0) is 45.4. The molecular weight excluding hydrogens is 839 g/mol. The van der Waals surface area contributed by atoms with Gasteiger partial charge in [0.25, 0.3) is 0 Å². The molecule has 19 heteroatoms. The Bertz CT molecular complexity index is 2590. The van der Waals surface area contributed by atoms with Gasteiger partial charge in [-0.15, -0.1) is 10.2 Å². The third-order valence-electron chi connectivity index (χ3n) is 12.1. The van der Waals surface area contributed by atoms with Gasteiger partial charge in [0.2, 0.25) is 0 Å². The molecule has 66 heavy (non-hydrogen) atoms. The van der Waals surface area contributed by atoms with Gasteiger partial charge in [0.15, 0.2) is 34.6 Å². The second-order valence-electron chi connectivity index (χ2n) is 17.2. The monoisotopic (exact) mass is 902 g/mol. The van der Waals surface area contributed by atoms with E-state index in [2.05, 4.69) is 77.7 Å². The zero-order valence-electron chi connectivity index (χ0n) is 38.7. The number of nitrogens with two attached hydrogens (primary N) is 1. The fraction of sp³-hybridized carbons (Fsp3) is 0.468. The molecule has 0 aliphatic carbocycles. The Hall–Kier alpha value is -6.09. The minimum Gasteiger partial charge on any atom is -0.396 e. The molecule has 4 saturated heterocycles. The largest absolute Gasteiger partial charge is 0.396 e. The first kappa shape index (κ1) is 45.1. The molecule has 4 N–H and O–H groups in total. The van der Waals surface area contributed by atoms with Crippen LogP contribution in [0.25, 0.3) is 11.3 Å². The summed E-state index contributed by atoms with van der Waals surface area (Å²) in [6, 6.07) is 20.8. The van der Waals surface area contributed by atoms with Crippen LogP contribution in [-0.4, -0.2) is 170 Å². The molecule has 6 aromatic rings. The van der Waals surface area contributed by atoms with Gasteiger partial charge in [-0.3, -0.25) is 9.80 Å². The second-order valence-corrected chi connectivity index (χ2v) is 17.2. The molecule has 0 unspecified atom stereocenters. The summed E-state index contributed by atoms with van der Waals surface area (Å²) in [5.74, 6) is 3.40. The van der Waals surface area contributed by atoms with Crippen LogP contribution in [0.5, 0.6) is 0 Å². The Morgan fingerprint density at radius 2 is 1.03 bits per heavy atom. The van der Waals surface area contributed by atoms with E-state index in [4.69, 9.17) is 44.9 Å². The Morgan fingerprint density at radius 3 is 1.52 bits per heavy atom. The molecule has 0 saturated carbocycles. The first-order valence-electron chi connectivity index (χ1n) is 23.0. The lowest BCUT2D eigenvalue weighted by Gasteiger charge is -2.28. The van der Waals surface area contributed by atoms with Gasteiger partial charge in [0.1, 0.15) is 5.69 Å². The average Bonchev–Trinajstić information content (AvgIpc) is 3.84. The fourth-order valence-corrected chi connectivity index (χ4v) is 8.51. The maximum atomic E-state index is 6.37. The standard InChI is InChI=1S/C25H34N8O2.C22H29N7O2/c1-19-24(28-21-7-5-4-6-20(21)17-31-8-12-34-13-9-31)33-25(27-19)22(26-18-30(2)3)16-23(29-33)32-10-14-35-15-11-32;1-16-21(25-19-5-3-2-4-17(19)15-27-6-10-30-11-7-27)29-22(24-16)18(23)14-20(26-29)28-8-12-31-13-9-28/h4-7,16,18,28H,8-15,17H2,1-3H3;2-5,14,25H,6-13,15,23H2,1H3. The van der Waals surface area contributed by atoms with Gasteiger partial charge in [-0.1, -0.05) is 36.4 Å². The maximum absolute atomic E-state index is 6.37. The third kappa shape index (κ3) is 10.6. The summed E-state index contributed by atoms with van der Waals surface area (Å²) in [5, 5.41) is 17.1. The molecule has 350 valence electrons. The summed E-state index contributed by atoms with van der Waals surface area (Å²) in [7, 11) is 3.92. The van der Waals surface area contributed by atoms with Gasteiger partial charge in [-0.25, -0.2) is 15.0 Å². The van der Waals surface area contributed by atoms with Crippen LogP contribution in [0, 0.1) is 13.8 Å². The molecular formula is C47H63N15O4. The van der Waals surface area contributed by atoms with E-state index in [9.17, 15) is 0 Å². The smallest absolute Gasteiger partial charge is 0.182 e. The Kier molecular flexibility index (Phi) is 14.4. The van der Waals surface area contributed by atoms with Crippen LogP contribution in [0.4, 0.5) is 46.0 Å². The predicted octanol–water partition coefficient (Wildman–Crippen LogP) is 4.70. The van der Waals surface area contributed by atoms with Crippen molar-refractivity contribution in [1.29, 1.82) is 0 Å². The normalized spacial score (nSPS) is 17.6. The van der Waals surface area contributed by atoms with Crippen LogP contribution in [0.2, 0.25) is 0 Å². The lowest BCUT2D eigenvalue weighted by molar-refractivity contribution is 0.0342. The quantitative estimate of drug-likeness (QED) is 0.114. The van der Waals surface area contributed by atoms with Crippen LogP contribution in [0.15, 0.2) is 65.7 Å². The Balaban J connectivity index is 0.000000167. The predicted molar refractivity (Wildman–Crippen MR) is 259 cm³/mol. The number of hydrogen-bond donors (Lipinski definition) is 3. The van der Waals surface area contributed by atoms with Crippen molar-refractivity contribution in [3.8, 4) is 0 Å². The highest BCUT2D eigenvalue weighted by Gasteiger charge is 2.23. The van der Waals surface area contributed by atoms with Gasteiger partial charge >= 0.3 is 0 Å². The summed E-state index contributed by atoms with van der Waals surface area (Å²) in [4.78, 5) is 25.5. The summed E-state index contributed by atoms with van der Waals surface area (Å²) in [6.45, 7) is 18.6. The van der Waals surface area contributed by atoms with Crippen LogP contribution in [0.1, 0.15) is 22.5 Å². The van der Waals surface area contributed by atoms with Crippen molar-refractivity contribution in [2.24, 2.45) is 4.99 Å². The summed E-state index contributed by atoms with van der Waals surface area (Å²) in [6.07, 6.45) is 1.80. The number of ether oxygens (including phenoxy) is 4. The van der Waals surface area contributed by atoms with Gasteiger partial charge < -0.3 is 50.0 Å². The number of morpholine rings is 4. The summed E-state index contributed by atoms with van der Waals surface area (Å²) >= 11 is 0. The van der Waals surface area contributed by atoms with E-state index >= 15 is 0 Å². The maximum Gasteiger partial charge on any atom is 0.182 e. The number of fused-ring (bicyclic) bond motifs is 2. The second kappa shape index (κ2) is 21.0. The number of nitrogens with zero attached hydrogens (tertiary/aromatic N) is 12. The Labute approximate surface area is 386 Å². The molecule has 4 fully saturated rings. The molecule has 19 nitrogen and oxygen atoms in total. The number of benzene rings is 2. The van der Waals surface area contributed by atoms with Crippen molar-refractivity contribution in [1.82, 2.24) is 43.9 Å². The van der Waals surface area contributed by atoms with Gasteiger partial charge in [0, 0.05) is 103 Å². The van der Waals surface area contributed by atoms with E-state index in [1.54, 1.807) is 6.34 Å². The van der Waals surface area contributed by atoms with E-state index in [0.29, 0.717) is 37.8 Å². The minimum absolute atomic E-state index is 0.620. The van der Waals surface area contributed by atoms with Crippen molar-refractivity contribution >= 4 is 63.7 Å². The van der Waals surface area contributed by atoms with Gasteiger partial charge in [-0.2, -0.15) is 9.03 Å². The van der Waals surface area contributed by atoms with Crippen molar-refractivity contribution in [2.45, 2.75) is 26.9 Å². The molecule has 10 rings (SSSR count). The molecule has 8 heterocycles. The summed E-state index contributed by atoms with van der Waals surface area (Å²) < 4.78 is 25.8. The van der Waals surface area contributed by atoms with Crippen LogP contribution in [-0.2, 0) is 32.0 Å². The highest BCUT2D eigenvalue weighted by molar-refractivity contribution is 5.77. The highest BCUT2D eigenvalue weighted by atomic mass is 16.5. The number of para-hydroxylation sites is 2. The van der Waals surface area contributed by atoms with Gasteiger partial charge in [0.05, 0.1) is 76.3 Å². The SMILES string of the molecule is Cc1nc2c(N)cc(N3CCOCC3)nn2c1Nc1ccccc1CN1CCOCC1.Cc1nc2c(N=CN(C)C)cc(N3CCOCC3)nn2c1Nc1ccccc1CN1CCOCC1. The number of imidazole rings is 2. The number of nitrogen functional groups attached to an aromatic ring is 1. The number of rotatable bonds is 12. The number of hydrogen-bond acceptors (Lipinski definition) is 16. The first-order valence-corrected chi connectivity index (χ1v) is 23.0. The number of nitrogens with one attached hydrogen (secondary N) is 2. The number of aliphatic imine (C=N–C) groups is 1. The molecule has 4 aromatic heterocycles. The van der Waals surface area contributed by atoms with Crippen LogP contribution < -0.4 is 26.2 Å². The topological polar surface area (TPSA) is 176 Å². The number of aromatic nitrogens is 6. The van der Waals surface area contributed by atoms with Crippen molar-refractivity contribution in [3.63, 3.8) is 0 Å². The molecule has 4 aliphatic heterocycles. The first-order chi connectivity index (χ1) is 32.3. The fourth-order valence-electron chi connectivity index (χ4n) is 8.51. The van der Waals surface area contributed by atoms with E-state index in [0.717, 1.165) is 149 Å². The molecule has 0 atom stereocenters. The van der Waals surface area contributed by atoms with Crippen molar-refractivity contribution in [2.75, 3.05) is 145 Å². The average molecular weight is 902 g/mol. The molecule has 0 amide bonds. The zero-order valence-corrected chi connectivity index (χ0v) is 38.7. The highest BCUT2D eigenvalue weighted by Crippen LogP contribution is 2.32. The Morgan fingerprint density at radius 1 is 0.606 bits per heavy atom. The van der Waals surface area contributed by atoms with Crippen molar-refractivity contribution in [3.05, 3.63) is 83.2 Å². The van der Waals surface area contributed by atoms with Crippen molar-refractivity contribution < 1.29 is 18.9 Å². The van der Waals surface area contributed by atoms with E-state index in [-0.39, 0.29) is 0 Å². The van der Waals surface area contributed by atoms with E-state index < -0.39 is 0 Å². The molecule has 0 spiro atoms. The van der Waals surface area contributed by atoms with E-state index in [1.807, 2.05) is 60.1 Å². The molecule has 4 aliphatic rings. The molecule has 2 aromatic carbocycles. The lowest BCUT2D eigenvalue weighted by Crippen LogP contribution is -2.37. The lowest BCUT2D eigenvalue weighted by atomic mass is 10.1. The van der Waals surface area contributed by atoms with E-state index in [1.165, 1.54) is 11.1 Å². The molecule has 0 bridgehead atoms. The third-order valence-corrected chi connectivity index (χ3v) is 12.1. The minimum atomic E-state index is 0.620. The van der Waals surface area contributed by atoms with Gasteiger partial charge in [-0.05, 0) is 37.1 Å². The summed E-state index contributed by atoms with van der Waals surface area (Å²) in [5.41, 5.74) is 15.5. The van der Waals surface area contributed by atoms with Crippen LogP contribution in [0.3, 0.4) is 0 Å².